The maximum absolute atomic E-state index is 13.8. The van der Waals surface area contributed by atoms with Crippen molar-refractivity contribution in [3.8, 4) is 23.0 Å². The number of aliphatic hydroxyl groups is 1. The fourth-order valence-electron chi connectivity index (χ4n) is 3.50. The third-order valence-electron chi connectivity index (χ3n) is 4.98. The number of carbonyl (C=O) groups excluding carboxylic acids is 1. The lowest BCUT2D eigenvalue weighted by Crippen LogP contribution is -2.60. The predicted molar refractivity (Wildman–Crippen MR) is 122 cm³/mol. The Labute approximate surface area is 194 Å². The first-order chi connectivity index (χ1) is 15.1. The van der Waals surface area contributed by atoms with Crippen LogP contribution in [0.5, 0.6) is 0 Å². The van der Waals surface area contributed by atoms with Gasteiger partial charge in [0.2, 0.25) is 5.91 Å². The van der Waals surface area contributed by atoms with E-state index in [0.29, 0.717) is 20.8 Å². The van der Waals surface area contributed by atoms with E-state index in [9.17, 15) is 23.5 Å². The first kappa shape index (κ1) is 22.6. The molecule has 0 unspecified atom stereocenters. The van der Waals surface area contributed by atoms with Crippen LogP contribution in [-0.4, -0.2) is 50.3 Å². The van der Waals surface area contributed by atoms with E-state index in [1.54, 1.807) is 0 Å². The smallest absolute Gasteiger partial charge is 0.263 e. The van der Waals surface area contributed by atoms with Gasteiger partial charge in [0.1, 0.15) is 29.0 Å². The standard InChI is InChI=1S/C22H18BrF2N3O3S/c1-12(29)3-6-16-18(13-4-5-15(24)14(23)7-13)19-20(32-16)26-11-27(21(19)31)8-17(30)28-9-22(2,25)10-28/h4-5,7,11-12,29H,8-10H2,1-2H3/t12-/m1/s1. The summed E-state index contributed by atoms with van der Waals surface area (Å²) in [5, 5.41) is 9.82. The zero-order chi connectivity index (χ0) is 23.2. The minimum Gasteiger partial charge on any atom is -0.381 e. The molecule has 1 aromatic carbocycles. The van der Waals surface area contributed by atoms with Crippen molar-refractivity contribution in [3.63, 3.8) is 0 Å². The zero-order valence-electron chi connectivity index (χ0n) is 17.2. The summed E-state index contributed by atoms with van der Waals surface area (Å²) in [6.07, 6.45) is 0.400. The molecule has 3 aromatic rings. The number of amides is 1. The van der Waals surface area contributed by atoms with Crippen molar-refractivity contribution in [2.75, 3.05) is 13.1 Å². The van der Waals surface area contributed by atoms with Gasteiger partial charge in [0.15, 0.2) is 0 Å². The molecule has 6 nitrogen and oxygen atoms in total. The number of halogens is 3. The van der Waals surface area contributed by atoms with Crippen LogP contribution >= 0.6 is 27.3 Å². The van der Waals surface area contributed by atoms with Gasteiger partial charge in [-0.15, -0.1) is 11.3 Å². The lowest BCUT2D eigenvalue weighted by Gasteiger charge is -2.42. The number of hydrogen-bond donors (Lipinski definition) is 1. The molecule has 0 aliphatic carbocycles. The number of alkyl halides is 1. The molecule has 0 bridgehead atoms. The van der Waals surface area contributed by atoms with Gasteiger partial charge in [-0.2, -0.15) is 0 Å². The van der Waals surface area contributed by atoms with Crippen LogP contribution in [0.15, 0.2) is 33.8 Å². The normalized spacial score (nSPS) is 15.8. The number of hydrogen-bond acceptors (Lipinski definition) is 5. The Balaban J connectivity index is 1.83. The van der Waals surface area contributed by atoms with Gasteiger partial charge >= 0.3 is 0 Å². The highest BCUT2D eigenvalue weighted by atomic mass is 79.9. The third-order valence-corrected chi connectivity index (χ3v) is 6.60. The molecule has 0 saturated carbocycles. The van der Waals surface area contributed by atoms with Crippen LogP contribution in [0.3, 0.4) is 0 Å². The van der Waals surface area contributed by atoms with Gasteiger partial charge in [0.05, 0.1) is 34.2 Å². The Kier molecular flexibility index (Phi) is 5.92. The fourth-order valence-corrected chi connectivity index (χ4v) is 4.89. The summed E-state index contributed by atoms with van der Waals surface area (Å²) in [5.41, 5.74) is -0.864. The van der Waals surface area contributed by atoms with Crippen LogP contribution in [0.1, 0.15) is 18.7 Å². The van der Waals surface area contributed by atoms with Crippen molar-refractivity contribution < 1.29 is 18.7 Å². The van der Waals surface area contributed by atoms with Gasteiger partial charge in [-0.1, -0.05) is 17.9 Å². The Morgan fingerprint density at radius 1 is 1.44 bits per heavy atom. The van der Waals surface area contributed by atoms with Crippen LogP contribution < -0.4 is 5.56 Å². The average Bonchev–Trinajstić information content (AvgIpc) is 3.08. The summed E-state index contributed by atoms with van der Waals surface area (Å²) in [5.74, 6) is 4.70. The molecule has 1 aliphatic heterocycles. The molecular weight excluding hydrogens is 504 g/mol. The zero-order valence-corrected chi connectivity index (χ0v) is 19.6. The molecule has 4 rings (SSSR count). The van der Waals surface area contributed by atoms with Crippen LogP contribution in [0.2, 0.25) is 0 Å². The topological polar surface area (TPSA) is 75.4 Å². The van der Waals surface area contributed by atoms with Crippen molar-refractivity contribution in [1.82, 2.24) is 14.5 Å². The van der Waals surface area contributed by atoms with Gasteiger partial charge in [-0.05, 0) is 47.5 Å². The van der Waals surface area contributed by atoms with E-state index in [2.05, 4.69) is 32.8 Å². The second-order valence-corrected chi connectivity index (χ2v) is 9.75. The fraction of sp³-hybridized carbons (Fsp3) is 0.318. The number of fused-ring (bicyclic) bond motifs is 1. The molecule has 1 N–H and O–H groups in total. The molecule has 1 aliphatic rings. The molecule has 1 amide bonds. The molecular formula is C22H18BrF2N3O3S. The second kappa shape index (κ2) is 8.39. The lowest BCUT2D eigenvalue weighted by atomic mass is 9.99. The highest BCUT2D eigenvalue weighted by Gasteiger charge is 2.41. The van der Waals surface area contributed by atoms with Crippen molar-refractivity contribution >= 4 is 43.4 Å². The van der Waals surface area contributed by atoms with E-state index in [4.69, 9.17) is 0 Å². The molecule has 2 aromatic heterocycles. The lowest BCUT2D eigenvalue weighted by molar-refractivity contribution is -0.144. The van der Waals surface area contributed by atoms with Gasteiger partial charge in [-0.3, -0.25) is 14.2 Å². The highest BCUT2D eigenvalue weighted by Crippen LogP contribution is 2.37. The largest absolute Gasteiger partial charge is 0.381 e. The quantitative estimate of drug-likeness (QED) is 0.536. The molecule has 1 saturated heterocycles. The summed E-state index contributed by atoms with van der Waals surface area (Å²) in [6, 6.07) is 4.33. The summed E-state index contributed by atoms with van der Waals surface area (Å²) in [4.78, 5) is 32.4. The van der Waals surface area contributed by atoms with Crippen molar-refractivity contribution in [2.45, 2.75) is 32.2 Å². The van der Waals surface area contributed by atoms with Crippen LogP contribution in [-0.2, 0) is 11.3 Å². The Morgan fingerprint density at radius 2 is 2.16 bits per heavy atom. The van der Waals surface area contributed by atoms with E-state index >= 15 is 0 Å². The van der Waals surface area contributed by atoms with Crippen LogP contribution in [0.4, 0.5) is 8.78 Å². The number of likely N-dealkylation sites (tertiary alicyclic amines) is 1. The summed E-state index contributed by atoms with van der Waals surface area (Å²) < 4.78 is 29.0. The average molecular weight is 522 g/mol. The number of aliphatic hydroxyl groups excluding tert-OH is 1. The number of thiophene rings is 1. The van der Waals surface area contributed by atoms with E-state index in [-0.39, 0.29) is 35.4 Å². The highest BCUT2D eigenvalue weighted by molar-refractivity contribution is 9.10. The molecule has 1 atom stereocenters. The predicted octanol–water partition coefficient (Wildman–Crippen LogP) is 3.33. The Hall–Kier alpha value is -2.61. The van der Waals surface area contributed by atoms with Crippen molar-refractivity contribution in [3.05, 3.63) is 50.0 Å². The maximum atomic E-state index is 13.8. The first-order valence-electron chi connectivity index (χ1n) is 9.69. The molecule has 0 spiro atoms. The Bertz CT molecular complexity index is 1350. The molecule has 10 heteroatoms. The number of benzene rings is 1. The van der Waals surface area contributed by atoms with Crippen molar-refractivity contribution in [1.29, 1.82) is 0 Å². The number of rotatable bonds is 3. The molecule has 0 radical (unpaired) electrons. The summed E-state index contributed by atoms with van der Waals surface area (Å²) >= 11 is 4.33. The SMILES string of the molecule is C[C@@H](O)C#Cc1sc2ncn(CC(=O)N3CC(C)(F)C3)c(=O)c2c1-c1ccc(F)c(Br)c1. The number of aromatic nitrogens is 2. The van der Waals surface area contributed by atoms with Gasteiger partial charge in [0.25, 0.3) is 5.56 Å². The van der Waals surface area contributed by atoms with E-state index < -0.39 is 23.1 Å². The number of carbonyl (C=O) groups is 1. The molecule has 32 heavy (non-hydrogen) atoms. The summed E-state index contributed by atoms with van der Waals surface area (Å²) in [6.45, 7) is 2.65. The monoisotopic (exact) mass is 521 g/mol. The molecule has 1 fully saturated rings. The van der Waals surface area contributed by atoms with Gasteiger partial charge in [0, 0.05) is 5.56 Å². The summed E-state index contributed by atoms with van der Waals surface area (Å²) in [7, 11) is 0. The number of nitrogens with zero attached hydrogens (tertiary/aromatic N) is 3. The van der Waals surface area contributed by atoms with Gasteiger partial charge in [-0.25, -0.2) is 13.8 Å². The first-order valence-corrected chi connectivity index (χ1v) is 11.3. The molecule has 166 valence electrons. The third kappa shape index (κ3) is 4.33. The van der Waals surface area contributed by atoms with Crippen LogP contribution in [0, 0.1) is 17.7 Å². The maximum Gasteiger partial charge on any atom is 0.263 e. The van der Waals surface area contributed by atoms with Crippen LogP contribution in [0.25, 0.3) is 21.3 Å². The van der Waals surface area contributed by atoms with Crippen molar-refractivity contribution in [2.24, 2.45) is 0 Å². The molecule has 3 heterocycles. The Morgan fingerprint density at radius 3 is 2.78 bits per heavy atom. The minimum absolute atomic E-state index is 0.0113. The van der Waals surface area contributed by atoms with Gasteiger partial charge < -0.3 is 10.0 Å². The van der Waals surface area contributed by atoms with E-state index in [1.807, 2.05) is 0 Å². The van der Waals surface area contributed by atoms with E-state index in [1.165, 1.54) is 59.2 Å². The minimum atomic E-state index is -1.41. The van der Waals surface area contributed by atoms with E-state index in [0.717, 1.165) is 0 Å². The second-order valence-electron chi connectivity index (χ2n) is 7.90.